The summed E-state index contributed by atoms with van der Waals surface area (Å²) in [4.78, 5) is 22.6. The van der Waals surface area contributed by atoms with Crippen LogP contribution in [0.4, 0.5) is 0 Å². The number of rotatable bonds is 6. The van der Waals surface area contributed by atoms with Crippen LogP contribution in [0.2, 0.25) is 0 Å². The summed E-state index contributed by atoms with van der Waals surface area (Å²) < 4.78 is 9.80. The predicted octanol–water partition coefficient (Wildman–Crippen LogP) is -0.0921. The van der Waals surface area contributed by atoms with Crippen LogP contribution in [0.1, 0.15) is 5.56 Å². The molecule has 0 saturated carbocycles. The monoisotopic (exact) mass is 279 g/mol. The molecule has 0 aliphatic rings. The van der Waals surface area contributed by atoms with Crippen molar-refractivity contribution in [3.63, 3.8) is 0 Å². The summed E-state index contributed by atoms with van der Waals surface area (Å²) in [6, 6.07) is 7.11. The molecule has 1 aromatic rings. The normalized spacial score (nSPS) is 10.3. The molecule has 0 unspecified atom stereocenters. The lowest BCUT2D eigenvalue weighted by Gasteiger charge is -2.02. The van der Waals surface area contributed by atoms with Crippen LogP contribution in [0, 0.1) is 0 Å². The third-order valence-corrected chi connectivity index (χ3v) is 2.27. The van der Waals surface area contributed by atoms with Gasteiger partial charge in [0.25, 0.3) is 0 Å². The van der Waals surface area contributed by atoms with E-state index in [1.54, 1.807) is 31.4 Å². The van der Waals surface area contributed by atoms with Gasteiger partial charge in [0.05, 0.1) is 19.9 Å². The minimum Gasteiger partial charge on any atom is -0.497 e. The SMILES string of the molecule is COCCNC(=O)C(=O)N/N=C/c1cccc(OC)c1. The van der Waals surface area contributed by atoms with E-state index in [-0.39, 0.29) is 6.54 Å². The Balaban J connectivity index is 2.43. The number of amides is 2. The zero-order chi connectivity index (χ0) is 14.8. The quantitative estimate of drug-likeness (QED) is 0.329. The lowest BCUT2D eigenvalue weighted by molar-refractivity contribution is -0.139. The molecule has 1 aromatic carbocycles. The van der Waals surface area contributed by atoms with E-state index in [1.165, 1.54) is 13.3 Å². The second kappa shape index (κ2) is 8.65. The van der Waals surface area contributed by atoms with Crippen molar-refractivity contribution in [3.05, 3.63) is 29.8 Å². The lowest BCUT2D eigenvalue weighted by atomic mass is 10.2. The number of ether oxygens (including phenoxy) is 2. The molecule has 0 heterocycles. The molecule has 0 aliphatic heterocycles. The summed E-state index contributed by atoms with van der Waals surface area (Å²) in [5.74, 6) is -0.914. The molecule has 2 amide bonds. The number of hydrazone groups is 1. The maximum absolute atomic E-state index is 11.3. The van der Waals surface area contributed by atoms with Crippen LogP contribution in [0.15, 0.2) is 29.4 Å². The van der Waals surface area contributed by atoms with Crippen molar-refractivity contribution in [1.29, 1.82) is 0 Å². The van der Waals surface area contributed by atoms with Gasteiger partial charge < -0.3 is 14.8 Å². The van der Waals surface area contributed by atoms with E-state index >= 15 is 0 Å². The number of carbonyl (C=O) groups is 2. The van der Waals surface area contributed by atoms with Crippen molar-refractivity contribution in [2.45, 2.75) is 0 Å². The Morgan fingerprint density at radius 2 is 2.10 bits per heavy atom. The molecular formula is C13H17N3O4. The molecule has 20 heavy (non-hydrogen) atoms. The smallest absolute Gasteiger partial charge is 0.329 e. The van der Waals surface area contributed by atoms with Crippen LogP contribution in [0.3, 0.4) is 0 Å². The van der Waals surface area contributed by atoms with Crippen LogP contribution in [-0.4, -0.2) is 45.4 Å². The Hall–Kier alpha value is -2.41. The average Bonchev–Trinajstić information content (AvgIpc) is 2.47. The number of hydrogen-bond donors (Lipinski definition) is 2. The van der Waals surface area contributed by atoms with E-state index in [0.717, 1.165) is 5.56 Å². The molecule has 0 spiro atoms. The van der Waals surface area contributed by atoms with Crippen LogP contribution in [-0.2, 0) is 14.3 Å². The van der Waals surface area contributed by atoms with E-state index in [0.29, 0.717) is 12.4 Å². The molecule has 108 valence electrons. The van der Waals surface area contributed by atoms with Crippen molar-refractivity contribution >= 4 is 18.0 Å². The Labute approximate surface area is 117 Å². The second-order valence-corrected chi connectivity index (χ2v) is 3.72. The number of hydrogen-bond acceptors (Lipinski definition) is 5. The van der Waals surface area contributed by atoms with Crippen LogP contribution >= 0.6 is 0 Å². The molecule has 0 saturated heterocycles. The number of nitrogens with zero attached hydrogens (tertiary/aromatic N) is 1. The molecule has 0 aliphatic carbocycles. The van der Waals surface area contributed by atoms with Gasteiger partial charge in [-0.3, -0.25) is 9.59 Å². The predicted molar refractivity (Wildman–Crippen MR) is 73.6 cm³/mol. The molecule has 2 N–H and O–H groups in total. The fourth-order valence-electron chi connectivity index (χ4n) is 1.28. The highest BCUT2D eigenvalue weighted by molar-refractivity contribution is 6.35. The van der Waals surface area contributed by atoms with Gasteiger partial charge in [-0.2, -0.15) is 5.10 Å². The summed E-state index contributed by atoms with van der Waals surface area (Å²) in [7, 11) is 3.06. The Morgan fingerprint density at radius 3 is 2.80 bits per heavy atom. The van der Waals surface area contributed by atoms with E-state index in [1.807, 2.05) is 0 Å². The van der Waals surface area contributed by atoms with Gasteiger partial charge in [-0.25, -0.2) is 5.43 Å². The van der Waals surface area contributed by atoms with Gasteiger partial charge in [0.2, 0.25) is 0 Å². The summed E-state index contributed by atoms with van der Waals surface area (Å²) in [5.41, 5.74) is 2.87. The number of methoxy groups -OCH3 is 2. The molecule has 7 nitrogen and oxygen atoms in total. The minimum atomic E-state index is -0.833. The number of carbonyl (C=O) groups excluding carboxylic acids is 2. The molecule has 0 radical (unpaired) electrons. The van der Waals surface area contributed by atoms with E-state index in [9.17, 15) is 9.59 Å². The first-order valence-electron chi connectivity index (χ1n) is 5.91. The van der Waals surface area contributed by atoms with Crippen molar-refractivity contribution in [2.75, 3.05) is 27.4 Å². The van der Waals surface area contributed by atoms with Gasteiger partial charge in [0.15, 0.2) is 0 Å². The Morgan fingerprint density at radius 1 is 1.30 bits per heavy atom. The van der Waals surface area contributed by atoms with Gasteiger partial charge >= 0.3 is 11.8 Å². The fourth-order valence-corrected chi connectivity index (χ4v) is 1.28. The first-order valence-corrected chi connectivity index (χ1v) is 5.91. The van der Waals surface area contributed by atoms with E-state index < -0.39 is 11.8 Å². The van der Waals surface area contributed by atoms with Crippen LogP contribution in [0.25, 0.3) is 0 Å². The largest absolute Gasteiger partial charge is 0.497 e. The highest BCUT2D eigenvalue weighted by Gasteiger charge is 2.10. The number of benzene rings is 1. The van der Waals surface area contributed by atoms with Gasteiger partial charge in [0.1, 0.15) is 5.75 Å². The molecule has 0 aromatic heterocycles. The molecule has 0 fully saturated rings. The zero-order valence-electron chi connectivity index (χ0n) is 11.4. The summed E-state index contributed by atoms with van der Waals surface area (Å²) in [5, 5.41) is 6.07. The van der Waals surface area contributed by atoms with Gasteiger partial charge in [-0.1, -0.05) is 12.1 Å². The molecule has 1 rings (SSSR count). The average molecular weight is 279 g/mol. The van der Waals surface area contributed by atoms with Gasteiger partial charge in [-0.05, 0) is 17.7 Å². The first-order chi connectivity index (χ1) is 9.67. The van der Waals surface area contributed by atoms with Gasteiger partial charge in [0, 0.05) is 13.7 Å². The molecule has 0 atom stereocenters. The van der Waals surface area contributed by atoms with Crippen molar-refractivity contribution < 1.29 is 19.1 Å². The van der Waals surface area contributed by atoms with Crippen molar-refractivity contribution in [2.24, 2.45) is 5.10 Å². The fraction of sp³-hybridized carbons (Fsp3) is 0.308. The lowest BCUT2D eigenvalue weighted by Crippen LogP contribution is -2.39. The Kier molecular flexibility index (Phi) is 6.77. The van der Waals surface area contributed by atoms with E-state index in [2.05, 4.69) is 15.8 Å². The van der Waals surface area contributed by atoms with Crippen LogP contribution in [0.5, 0.6) is 5.75 Å². The number of nitrogens with one attached hydrogen (secondary N) is 2. The summed E-state index contributed by atoms with van der Waals surface area (Å²) >= 11 is 0. The zero-order valence-corrected chi connectivity index (χ0v) is 11.4. The maximum atomic E-state index is 11.3. The summed E-state index contributed by atoms with van der Waals surface area (Å²) in [6.07, 6.45) is 1.42. The van der Waals surface area contributed by atoms with Crippen molar-refractivity contribution in [1.82, 2.24) is 10.7 Å². The first kappa shape index (κ1) is 15.6. The highest BCUT2D eigenvalue weighted by Crippen LogP contribution is 2.10. The third kappa shape index (κ3) is 5.49. The second-order valence-electron chi connectivity index (χ2n) is 3.72. The highest BCUT2D eigenvalue weighted by atomic mass is 16.5. The Bertz CT molecular complexity index is 488. The van der Waals surface area contributed by atoms with E-state index in [4.69, 9.17) is 9.47 Å². The molecular weight excluding hydrogens is 262 g/mol. The molecule has 7 heteroatoms. The third-order valence-electron chi connectivity index (χ3n) is 2.27. The topological polar surface area (TPSA) is 89.0 Å². The van der Waals surface area contributed by atoms with Crippen LogP contribution < -0.4 is 15.5 Å². The maximum Gasteiger partial charge on any atom is 0.329 e. The van der Waals surface area contributed by atoms with Gasteiger partial charge in [-0.15, -0.1) is 0 Å². The summed E-state index contributed by atoms with van der Waals surface area (Å²) in [6.45, 7) is 0.606. The van der Waals surface area contributed by atoms with Crippen molar-refractivity contribution in [3.8, 4) is 5.75 Å². The minimum absolute atomic E-state index is 0.266. The standard InChI is InChI=1S/C13H17N3O4/c1-19-7-6-14-12(17)13(18)16-15-9-10-4-3-5-11(8-10)20-2/h3-5,8-9H,6-7H2,1-2H3,(H,14,17)(H,16,18)/b15-9+. The molecule has 0 bridgehead atoms.